The monoisotopic (exact) mass is 488 g/mol. The molecule has 3 fully saturated rings. The first-order valence-electron chi connectivity index (χ1n) is 11.6. The van der Waals surface area contributed by atoms with Gasteiger partial charge in [0.15, 0.2) is 0 Å². The van der Waals surface area contributed by atoms with Crippen LogP contribution in [0.2, 0.25) is 0 Å². The van der Waals surface area contributed by atoms with Gasteiger partial charge in [-0.05, 0) is 56.7 Å². The number of aromatic nitrogens is 2. The van der Waals surface area contributed by atoms with Crippen molar-refractivity contribution in [2.24, 2.45) is 5.41 Å². The molecule has 34 heavy (non-hydrogen) atoms. The van der Waals surface area contributed by atoms with Crippen molar-refractivity contribution in [1.29, 1.82) is 0 Å². The maximum Gasteiger partial charge on any atom is 0.414 e. The van der Waals surface area contributed by atoms with E-state index in [2.05, 4.69) is 14.7 Å². The highest BCUT2D eigenvalue weighted by molar-refractivity contribution is 5.68. The van der Waals surface area contributed by atoms with E-state index in [0.717, 1.165) is 50.9 Å². The lowest BCUT2D eigenvalue weighted by Gasteiger charge is -2.51. The smallest absolute Gasteiger partial charge is 0.385 e. The molecule has 0 unspecified atom stereocenters. The normalized spacial score (nSPS) is 26.4. The van der Waals surface area contributed by atoms with Crippen LogP contribution in [0.4, 0.5) is 4.79 Å². The second kappa shape index (κ2) is 10.0. The number of rotatable bonds is 5. The van der Waals surface area contributed by atoms with Crippen molar-refractivity contribution >= 4 is 6.09 Å². The zero-order valence-electron chi connectivity index (χ0n) is 19.5. The van der Waals surface area contributed by atoms with E-state index in [1.165, 1.54) is 9.58 Å². The van der Waals surface area contributed by atoms with E-state index < -0.39 is 24.5 Å². The Morgan fingerprint density at radius 2 is 1.74 bits per heavy atom. The molecule has 2 aliphatic heterocycles. The Morgan fingerprint density at radius 1 is 1.12 bits per heavy atom. The number of carbonyl (C=O) groups is 1. The van der Waals surface area contributed by atoms with E-state index in [0.29, 0.717) is 19.1 Å². The van der Waals surface area contributed by atoms with Crippen molar-refractivity contribution in [2.75, 3.05) is 26.2 Å². The molecule has 0 bridgehead atoms. The van der Waals surface area contributed by atoms with Crippen molar-refractivity contribution in [3.63, 3.8) is 0 Å². The molecule has 1 amide bonds. The average molecular weight is 489 g/mol. The molecular weight excluding hydrogens is 452 g/mol. The van der Waals surface area contributed by atoms with Gasteiger partial charge in [-0.3, -0.25) is 0 Å². The molecule has 0 radical (unpaired) electrons. The Hall–Kier alpha value is -1.84. The summed E-state index contributed by atoms with van der Waals surface area (Å²) in [7, 11) is 0. The minimum atomic E-state index is -4.00. The Bertz CT molecular complexity index is 824. The summed E-state index contributed by atoms with van der Waals surface area (Å²) in [5.41, 5.74) is 0.721. The number of hydrogen-bond acceptors (Lipinski definition) is 11. The van der Waals surface area contributed by atoms with Crippen LogP contribution < -0.4 is 0 Å². The molecule has 1 aromatic heterocycles. The molecule has 0 atom stereocenters. The first-order chi connectivity index (χ1) is 15.9. The van der Waals surface area contributed by atoms with Crippen molar-refractivity contribution < 1.29 is 45.3 Å². The third kappa shape index (κ3) is 5.36. The molecule has 0 aromatic carbocycles. The molecule has 1 saturated carbocycles. The molecule has 1 aliphatic carbocycles. The van der Waals surface area contributed by atoms with Crippen molar-refractivity contribution in [3.8, 4) is 0 Å². The molecule has 3 heterocycles. The SMILES string of the molecule is CC.O=C(OC(O)(O)C(O)(O)O)N1CCC2(CC(N3CCC(c4ccnn4C(O)O)CC3)C2)C1. The van der Waals surface area contributed by atoms with Crippen LogP contribution in [0, 0.1) is 5.41 Å². The summed E-state index contributed by atoms with van der Waals surface area (Å²) in [5, 5.41) is 68.1. The van der Waals surface area contributed by atoms with E-state index in [4.69, 9.17) is 15.3 Å². The van der Waals surface area contributed by atoms with Crippen LogP contribution in [0.5, 0.6) is 0 Å². The molecule has 13 heteroatoms. The third-order valence-electron chi connectivity index (χ3n) is 7.08. The van der Waals surface area contributed by atoms with Gasteiger partial charge in [-0.25, -0.2) is 9.48 Å². The fourth-order valence-corrected chi connectivity index (χ4v) is 5.28. The van der Waals surface area contributed by atoms with Crippen LogP contribution in [0.15, 0.2) is 12.3 Å². The standard InChI is InChI=1S/C19H30N4O9.C2H6/c24-15(25)23-14(1-5-20-23)12-2-6-21(7-3-12)13-9-17(10-13)4-8-22(11-17)16(26)32-19(30,31)18(27,28)29;1-2/h1,5,12-13,15,24-25,27-31H,2-4,6-11H2;1-2H3. The Labute approximate surface area is 197 Å². The highest BCUT2D eigenvalue weighted by atomic mass is 16.9. The van der Waals surface area contributed by atoms with Crippen LogP contribution in [0.1, 0.15) is 64.0 Å². The molecular formula is C21H36N4O9. The average Bonchev–Trinajstić information content (AvgIpc) is 3.41. The minimum absolute atomic E-state index is 0.0948. The zero-order valence-corrected chi connectivity index (χ0v) is 19.5. The van der Waals surface area contributed by atoms with Gasteiger partial charge in [0, 0.05) is 36.9 Å². The van der Waals surface area contributed by atoms with Crippen LogP contribution in [0.25, 0.3) is 0 Å². The zero-order chi connectivity index (χ0) is 25.3. The highest BCUT2D eigenvalue weighted by Crippen LogP contribution is 2.51. The first kappa shape index (κ1) is 26.8. The summed E-state index contributed by atoms with van der Waals surface area (Å²) in [6.45, 7) is 6.41. The predicted octanol–water partition coefficient (Wildman–Crippen LogP) is -1.21. The molecule has 194 valence electrons. The van der Waals surface area contributed by atoms with Gasteiger partial charge in [0.1, 0.15) is 0 Å². The van der Waals surface area contributed by atoms with E-state index in [1.807, 2.05) is 19.9 Å². The van der Waals surface area contributed by atoms with Crippen molar-refractivity contribution in [1.82, 2.24) is 19.6 Å². The summed E-state index contributed by atoms with van der Waals surface area (Å²) < 4.78 is 5.49. The number of ether oxygens (including phenoxy) is 1. The lowest BCUT2D eigenvalue weighted by molar-refractivity contribution is -0.509. The quantitative estimate of drug-likeness (QED) is 0.246. The summed E-state index contributed by atoms with van der Waals surface area (Å²) in [5.74, 6) is -7.63. The largest absolute Gasteiger partial charge is 0.414 e. The lowest BCUT2D eigenvalue weighted by Crippen LogP contribution is -2.58. The number of hydrogen-bond donors (Lipinski definition) is 7. The Kier molecular flexibility index (Phi) is 7.89. The van der Waals surface area contributed by atoms with Crippen LogP contribution in [0.3, 0.4) is 0 Å². The van der Waals surface area contributed by atoms with Crippen molar-refractivity contribution in [3.05, 3.63) is 18.0 Å². The Balaban J connectivity index is 0.00000158. The van der Waals surface area contributed by atoms with Crippen LogP contribution in [-0.4, -0.2) is 106 Å². The maximum atomic E-state index is 12.1. The van der Waals surface area contributed by atoms with Gasteiger partial charge in [0.05, 0.1) is 0 Å². The predicted molar refractivity (Wildman–Crippen MR) is 115 cm³/mol. The Morgan fingerprint density at radius 3 is 2.29 bits per heavy atom. The molecule has 2 saturated heterocycles. The number of amides is 1. The fourth-order valence-electron chi connectivity index (χ4n) is 5.28. The molecule has 1 aromatic rings. The number of likely N-dealkylation sites (tertiary alicyclic amines) is 2. The lowest BCUT2D eigenvalue weighted by atomic mass is 9.64. The summed E-state index contributed by atoms with van der Waals surface area (Å²) in [6.07, 6.45) is 2.99. The van der Waals surface area contributed by atoms with E-state index in [9.17, 15) is 25.2 Å². The van der Waals surface area contributed by atoms with E-state index in [1.54, 1.807) is 6.20 Å². The molecule has 1 spiro atoms. The topological polar surface area (TPSA) is 192 Å². The summed E-state index contributed by atoms with van der Waals surface area (Å²) >= 11 is 0. The number of piperidine rings is 1. The van der Waals surface area contributed by atoms with Gasteiger partial charge in [-0.2, -0.15) is 5.10 Å². The van der Waals surface area contributed by atoms with Gasteiger partial charge < -0.3 is 50.3 Å². The molecule has 3 aliphatic rings. The number of nitrogens with zero attached hydrogens (tertiary/aromatic N) is 4. The van der Waals surface area contributed by atoms with Crippen molar-refractivity contribution in [2.45, 2.75) is 76.3 Å². The van der Waals surface area contributed by atoms with Gasteiger partial charge in [-0.15, -0.1) is 0 Å². The second-order valence-electron chi connectivity index (χ2n) is 9.20. The summed E-state index contributed by atoms with van der Waals surface area (Å²) in [4.78, 5) is 15.8. The minimum Gasteiger partial charge on any atom is -0.385 e. The van der Waals surface area contributed by atoms with E-state index in [-0.39, 0.29) is 11.3 Å². The second-order valence-corrected chi connectivity index (χ2v) is 9.20. The molecule has 4 rings (SSSR count). The molecule has 7 N–H and O–H groups in total. The fraction of sp³-hybridized carbons (Fsp3) is 0.810. The van der Waals surface area contributed by atoms with Gasteiger partial charge in [0.2, 0.25) is 0 Å². The summed E-state index contributed by atoms with van der Waals surface area (Å²) in [6, 6.07) is 2.18. The van der Waals surface area contributed by atoms with E-state index >= 15 is 0 Å². The first-order valence-corrected chi connectivity index (χ1v) is 11.6. The van der Waals surface area contributed by atoms with Crippen LogP contribution in [-0.2, 0) is 4.74 Å². The van der Waals surface area contributed by atoms with Gasteiger partial charge in [-0.1, -0.05) is 13.8 Å². The van der Waals surface area contributed by atoms with Gasteiger partial charge >= 0.3 is 18.0 Å². The molecule has 13 nitrogen and oxygen atoms in total. The number of aliphatic hydroxyl groups excluding tert-OH is 1. The third-order valence-corrected chi connectivity index (χ3v) is 7.08. The highest BCUT2D eigenvalue weighted by Gasteiger charge is 2.55. The number of aliphatic hydroxyl groups is 7. The maximum absolute atomic E-state index is 12.1. The van der Waals surface area contributed by atoms with Crippen LogP contribution >= 0.6 is 0 Å². The van der Waals surface area contributed by atoms with Gasteiger partial charge in [0.25, 0.3) is 6.41 Å². The number of carbonyl (C=O) groups excluding carboxylic acids is 1.